The monoisotopic (exact) mass is 272 g/mol. The Balaban J connectivity index is 1.71. The molecule has 2 unspecified atom stereocenters. The van der Waals surface area contributed by atoms with Gasteiger partial charge < -0.3 is 10.2 Å². The molecule has 2 heteroatoms. The Bertz CT molecular complexity index is 538. The molecular formula is C18H24O2. The largest absolute Gasteiger partial charge is 0.508 e. The fourth-order valence-corrected chi connectivity index (χ4v) is 5.54. The van der Waals surface area contributed by atoms with E-state index < -0.39 is 0 Å². The van der Waals surface area contributed by atoms with Crippen LogP contribution in [0.25, 0.3) is 0 Å². The number of aliphatic hydroxyl groups excluding tert-OH is 1. The molecule has 0 aliphatic heterocycles. The number of hydrogen-bond donors (Lipinski definition) is 2. The molecule has 0 aromatic heterocycles. The molecule has 5 atom stereocenters. The molecule has 0 amide bonds. The zero-order valence-electron chi connectivity index (χ0n) is 12.2. The zero-order chi connectivity index (χ0) is 13.9. The second-order valence-electron chi connectivity index (χ2n) is 7.44. The maximum absolute atomic E-state index is 10.4. The van der Waals surface area contributed by atoms with Gasteiger partial charge in [0, 0.05) is 0 Å². The minimum absolute atomic E-state index is 0.0883. The average molecular weight is 272 g/mol. The fraction of sp³-hybridized carbons (Fsp3) is 0.667. The molecule has 20 heavy (non-hydrogen) atoms. The van der Waals surface area contributed by atoms with Gasteiger partial charge in [-0.2, -0.15) is 0 Å². The summed E-state index contributed by atoms with van der Waals surface area (Å²) in [5.41, 5.74) is 2.99. The molecule has 1 aromatic rings. The smallest absolute Gasteiger partial charge is 0.115 e. The molecule has 2 fully saturated rings. The summed E-state index contributed by atoms with van der Waals surface area (Å²) in [6.45, 7) is 2.32. The summed E-state index contributed by atoms with van der Waals surface area (Å²) < 4.78 is 0. The number of aromatic hydroxyl groups is 1. The first kappa shape index (κ1) is 12.7. The molecule has 0 bridgehead atoms. The van der Waals surface area contributed by atoms with Crippen LogP contribution in [0.1, 0.15) is 56.1 Å². The topological polar surface area (TPSA) is 40.5 Å². The molecule has 2 N–H and O–H groups in total. The third kappa shape index (κ3) is 1.60. The minimum atomic E-state index is -0.0883. The third-order valence-electron chi connectivity index (χ3n) is 6.66. The Morgan fingerprint density at radius 1 is 1.15 bits per heavy atom. The summed E-state index contributed by atoms with van der Waals surface area (Å²) in [5, 5.41) is 20.0. The van der Waals surface area contributed by atoms with Crippen molar-refractivity contribution in [3.05, 3.63) is 29.3 Å². The highest BCUT2D eigenvalue weighted by atomic mass is 16.3. The highest BCUT2D eigenvalue weighted by Gasteiger charge is 2.54. The van der Waals surface area contributed by atoms with Crippen molar-refractivity contribution in [2.24, 2.45) is 17.3 Å². The molecule has 2 nitrogen and oxygen atoms in total. The highest BCUT2D eigenvalue weighted by Crippen LogP contribution is 2.60. The van der Waals surface area contributed by atoms with E-state index in [1.54, 1.807) is 0 Å². The Morgan fingerprint density at radius 3 is 2.85 bits per heavy atom. The first-order valence-electron chi connectivity index (χ1n) is 8.09. The summed E-state index contributed by atoms with van der Waals surface area (Å²) in [4.78, 5) is 0. The normalized spacial score (nSPS) is 42.7. The van der Waals surface area contributed by atoms with Crippen molar-refractivity contribution >= 4 is 0 Å². The van der Waals surface area contributed by atoms with Gasteiger partial charge >= 0.3 is 0 Å². The van der Waals surface area contributed by atoms with E-state index in [-0.39, 0.29) is 11.5 Å². The Hall–Kier alpha value is -1.02. The number of phenolic OH excluding ortho intramolecular Hbond substituents is 1. The van der Waals surface area contributed by atoms with Gasteiger partial charge in [0.15, 0.2) is 0 Å². The average Bonchev–Trinajstić information content (AvgIpc) is 2.74. The van der Waals surface area contributed by atoms with E-state index >= 15 is 0 Å². The number of hydrogen-bond acceptors (Lipinski definition) is 2. The van der Waals surface area contributed by atoms with Crippen molar-refractivity contribution in [3.63, 3.8) is 0 Å². The Morgan fingerprint density at radius 2 is 2.00 bits per heavy atom. The van der Waals surface area contributed by atoms with Crippen LogP contribution in [-0.4, -0.2) is 16.3 Å². The first-order chi connectivity index (χ1) is 9.59. The molecule has 4 rings (SSSR count). The summed E-state index contributed by atoms with van der Waals surface area (Å²) >= 11 is 0. The number of fused-ring (bicyclic) bond motifs is 5. The molecule has 108 valence electrons. The SMILES string of the molecule is CC12CC[C@@H]3c4ccc(O)cc4CCC3[C@@H]1CC[C@@H]2O. The fourth-order valence-electron chi connectivity index (χ4n) is 5.54. The predicted molar refractivity (Wildman–Crippen MR) is 78.7 cm³/mol. The van der Waals surface area contributed by atoms with Gasteiger partial charge in [-0.15, -0.1) is 0 Å². The Labute approximate surface area is 120 Å². The molecule has 2 saturated carbocycles. The zero-order valence-corrected chi connectivity index (χ0v) is 12.2. The summed E-state index contributed by atoms with van der Waals surface area (Å²) in [7, 11) is 0. The van der Waals surface area contributed by atoms with Crippen LogP contribution in [0.5, 0.6) is 5.75 Å². The first-order valence-corrected chi connectivity index (χ1v) is 8.09. The van der Waals surface area contributed by atoms with Crippen LogP contribution in [0.15, 0.2) is 18.2 Å². The van der Waals surface area contributed by atoms with E-state index in [1.165, 1.54) is 30.4 Å². The van der Waals surface area contributed by atoms with E-state index in [4.69, 9.17) is 0 Å². The van der Waals surface area contributed by atoms with Gasteiger partial charge in [0.25, 0.3) is 0 Å². The van der Waals surface area contributed by atoms with Crippen LogP contribution in [0.2, 0.25) is 0 Å². The maximum Gasteiger partial charge on any atom is 0.115 e. The van der Waals surface area contributed by atoms with Crippen LogP contribution in [-0.2, 0) is 6.42 Å². The van der Waals surface area contributed by atoms with Gasteiger partial charge in [-0.25, -0.2) is 0 Å². The summed E-state index contributed by atoms with van der Waals surface area (Å²) in [6.07, 6.45) is 6.78. The van der Waals surface area contributed by atoms with Crippen LogP contribution >= 0.6 is 0 Å². The third-order valence-corrected chi connectivity index (χ3v) is 6.66. The van der Waals surface area contributed by atoms with Crippen molar-refractivity contribution in [1.82, 2.24) is 0 Å². The van der Waals surface area contributed by atoms with Crippen LogP contribution in [0.4, 0.5) is 0 Å². The van der Waals surface area contributed by atoms with Crippen LogP contribution in [0, 0.1) is 17.3 Å². The lowest BCUT2D eigenvalue weighted by molar-refractivity contribution is -0.0226. The van der Waals surface area contributed by atoms with E-state index in [9.17, 15) is 10.2 Å². The number of phenols is 1. The summed E-state index contributed by atoms with van der Waals surface area (Å²) in [6, 6.07) is 5.96. The molecule has 1 aromatic carbocycles. The standard InChI is InChI=1S/C18H24O2/c1-18-9-8-14-13-5-3-12(19)10-11(13)2-4-15(14)16(18)6-7-17(18)20/h3,5,10,14-17,19-20H,2,4,6-9H2,1H3/t14-,15?,16+,17+,18?/m1/s1. The number of aliphatic hydroxyl groups is 1. The maximum atomic E-state index is 10.4. The van der Waals surface area contributed by atoms with Gasteiger partial charge in [0.2, 0.25) is 0 Å². The molecular weight excluding hydrogens is 248 g/mol. The molecule has 0 spiro atoms. The predicted octanol–water partition coefficient (Wildman–Crippen LogP) is 3.61. The second kappa shape index (κ2) is 4.24. The second-order valence-corrected chi connectivity index (χ2v) is 7.44. The van der Waals surface area contributed by atoms with Gasteiger partial charge in [-0.1, -0.05) is 13.0 Å². The minimum Gasteiger partial charge on any atom is -0.508 e. The van der Waals surface area contributed by atoms with Crippen LogP contribution < -0.4 is 0 Å². The quantitative estimate of drug-likeness (QED) is 0.757. The van der Waals surface area contributed by atoms with E-state index in [1.807, 2.05) is 12.1 Å². The molecule has 3 aliphatic rings. The van der Waals surface area contributed by atoms with Gasteiger partial charge in [-0.3, -0.25) is 0 Å². The van der Waals surface area contributed by atoms with Crippen molar-refractivity contribution < 1.29 is 10.2 Å². The van der Waals surface area contributed by atoms with E-state index in [0.29, 0.717) is 17.6 Å². The van der Waals surface area contributed by atoms with Gasteiger partial charge in [0.05, 0.1) is 6.10 Å². The van der Waals surface area contributed by atoms with Crippen molar-refractivity contribution in [2.75, 3.05) is 0 Å². The van der Waals surface area contributed by atoms with E-state index in [2.05, 4.69) is 13.0 Å². The van der Waals surface area contributed by atoms with E-state index in [0.717, 1.165) is 25.2 Å². The number of benzene rings is 1. The molecule has 0 radical (unpaired) electrons. The highest BCUT2D eigenvalue weighted by molar-refractivity contribution is 5.40. The lowest BCUT2D eigenvalue weighted by Crippen LogP contribution is -2.43. The van der Waals surface area contributed by atoms with Crippen LogP contribution in [0.3, 0.4) is 0 Å². The van der Waals surface area contributed by atoms with Crippen molar-refractivity contribution in [3.8, 4) is 5.75 Å². The molecule has 0 heterocycles. The van der Waals surface area contributed by atoms with Gasteiger partial charge in [0.1, 0.15) is 5.75 Å². The van der Waals surface area contributed by atoms with Crippen molar-refractivity contribution in [1.29, 1.82) is 0 Å². The lowest BCUT2D eigenvalue weighted by Gasteiger charge is -2.50. The molecule has 3 aliphatic carbocycles. The lowest BCUT2D eigenvalue weighted by atomic mass is 9.55. The number of rotatable bonds is 0. The summed E-state index contributed by atoms with van der Waals surface area (Å²) in [5.74, 6) is 2.49. The molecule has 0 saturated heterocycles. The number of aryl methyl sites for hydroxylation is 1. The Kier molecular flexibility index (Phi) is 2.69. The van der Waals surface area contributed by atoms with Gasteiger partial charge in [-0.05, 0) is 85.0 Å². The van der Waals surface area contributed by atoms with Crippen molar-refractivity contribution in [2.45, 2.75) is 57.5 Å².